The van der Waals surface area contributed by atoms with Crippen LogP contribution in [0.4, 0.5) is 0 Å². The van der Waals surface area contributed by atoms with E-state index in [2.05, 4.69) is 5.32 Å². The van der Waals surface area contributed by atoms with Gasteiger partial charge in [0.1, 0.15) is 5.75 Å². The molecular formula is C16H23NO4S. The van der Waals surface area contributed by atoms with Crippen LogP contribution in [-0.4, -0.2) is 39.0 Å². The van der Waals surface area contributed by atoms with E-state index in [0.717, 1.165) is 11.3 Å². The monoisotopic (exact) mass is 325 g/mol. The lowest BCUT2D eigenvalue weighted by Crippen LogP contribution is -2.29. The van der Waals surface area contributed by atoms with E-state index in [1.807, 2.05) is 31.2 Å². The van der Waals surface area contributed by atoms with Gasteiger partial charge in [0.15, 0.2) is 9.84 Å². The Bertz CT molecular complexity index is 612. The molecule has 1 aromatic rings. The largest absolute Gasteiger partial charge is 0.494 e. The molecule has 0 saturated carbocycles. The Hall–Kier alpha value is -1.56. The zero-order chi connectivity index (χ0) is 16.0. The number of ether oxygens (including phenoxy) is 1. The molecule has 5 nitrogen and oxygen atoms in total. The highest BCUT2D eigenvalue weighted by Crippen LogP contribution is 2.17. The fourth-order valence-corrected chi connectivity index (χ4v) is 4.37. The maximum atomic E-state index is 11.7. The van der Waals surface area contributed by atoms with Crippen molar-refractivity contribution in [3.8, 4) is 5.75 Å². The zero-order valence-electron chi connectivity index (χ0n) is 12.9. The Morgan fingerprint density at radius 2 is 2.23 bits per heavy atom. The zero-order valence-corrected chi connectivity index (χ0v) is 13.7. The summed E-state index contributed by atoms with van der Waals surface area (Å²) < 4.78 is 28.2. The van der Waals surface area contributed by atoms with E-state index < -0.39 is 9.84 Å². The van der Waals surface area contributed by atoms with Crippen molar-refractivity contribution in [2.45, 2.75) is 26.2 Å². The summed E-state index contributed by atoms with van der Waals surface area (Å²) in [4.78, 5) is 11.7. The summed E-state index contributed by atoms with van der Waals surface area (Å²) in [5.74, 6) is 1.29. The first-order valence-electron chi connectivity index (χ1n) is 7.61. The highest BCUT2D eigenvalue weighted by atomic mass is 32.2. The van der Waals surface area contributed by atoms with Crippen LogP contribution < -0.4 is 10.1 Å². The Morgan fingerprint density at radius 3 is 2.91 bits per heavy atom. The van der Waals surface area contributed by atoms with Gasteiger partial charge in [-0.1, -0.05) is 12.1 Å². The summed E-state index contributed by atoms with van der Waals surface area (Å²) in [6.07, 6.45) is 1.69. The predicted octanol–water partition coefficient (Wildman–Crippen LogP) is 1.70. The number of aryl methyl sites for hydroxylation is 1. The lowest BCUT2D eigenvalue weighted by molar-refractivity contribution is -0.121. The first-order valence-corrected chi connectivity index (χ1v) is 9.43. The first-order chi connectivity index (χ1) is 10.4. The molecule has 0 aromatic heterocycles. The highest BCUT2D eigenvalue weighted by molar-refractivity contribution is 7.91. The van der Waals surface area contributed by atoms with Crippen LogP contribution >= 0.6 is 0 Å². The van der Waals surface area contributed by atoms with E-state index >= 15 is 0 Å². The number of carbonyl (C=O) groups excluding carboxylic acids is 1. The molecule has 0 spiro atoms. The van der Waals surface area contributed by atoms with Gasteiger partial charge in [0.05, 0.1) is 18.1 Å². The molecule has 1 aliphatic heterocycles. The first kappa shape index (κ1) is 16.8. The summed E-state index contributed by atoms with van der Waals surface area (Å²) in [6, 6.07) is 7.80. The average molecular weight is 325 g/mol. The summed E-state index contributed by atoms with van der Waals surface area (Å²) in [5.41, 5.74) is 1.14. The summed E-state index contributed by atoms with van der Waals surface area (Å²) in [5, 5.41) is 2.81. The van der Waals surface area contributed by atoms with E-state index in [4.69, 9.17) is 4.74 Å². The third-order valence-corrected chi connectivity index (χ3v) is 5.56. The summed E-state index contributed by atoms with van der Waals surface area (Å²) in [7, 11) is -2.87. The van der Waals surface area contributed by atoms with Gasteiger partial charge < -0.3 is 10.1 Å². The summed E-state index contributed by atoms with van der Waals surface area (Å²) in [6.45, 7) is 2.95. The molecular weight excluding hydrogens is 302 g/mol. The van der Waals surface area contributed by atoms with Crippen LogP contribution in [0.1, 0.15) is 24.8 Å². The molecule has 1 heterocycles. The van der Waals surface area contributed by atoms with Crippen LogP contribution in [0.2, 0.25) is 0 Å². The smallest absolute Gasteiger partial charge is 0.220 e. The van der Waals surface area contributed by atoms with Gasteiger partial charge in [-0.15, -0.1) is 0 Å². The molecule has 1 aliphatic rings. The SMILES string of the molecule is Cc1cccc(OCCCC(=O)NCC2CCS(=O)(=O)C2)c1. The molecule has 0 bridgehead atoms. The summed E-state index contributed by atoms with van der Waals surface area (Å²) >= 11 is 0. The number of sulfone groups is 1. The van der Waals surface area contributed by atoms with Crippen molar-refractivity contribution < 1.29 is 17.9 Å². The molecule has 1 unspecified atom stereocenters. The molecule has 1 N–H and O–H groups in total. The van der Waals surface area contributed by atoms with Crippen LogP contribution in [0.15, 0.2) is 24.3 Å². The molecule has 1 saturated heterocycles. The number of hydrogen-bond donors (Lipinski definition) is 1. The molecule has 6 heteroatoms. The van der Waals surface area contributed by atoms with Crippen molar-refractivity contribution in [1.82, 2.24) is 5.32 Å². The van der Waals surface area contributed by atoms with Crippen molar-refractivity contribution in [2.24, 2.45) is 5.92 Å². The van der Waals surface area contributed by atoms with Crippen LogP contribution in [0, 0.1) is 12.8 Å². The minimum atomic E-state index is -2.87. The number of benzene rings is 1. The Morgan fingerprint density at radius 1 is 1.41 bits per heavy atom. The van der Waals surface area contributed by atoms with E-state index in [9.17, 15) is 13.2 Å². The number of rotatable bonds is 7. The fourth-order valence-electron chi connectivity index (χ4n) is 2.51. The van der Waals surface area contributed by atoms with Gasteiger partial charge in [0, 0.05) is 13.0 Å². The minimum absolute atomic E-state index is 0.0443. The van der Waals surface area contributed by atoms with Crippen LogP contribution in [-0.2, 0) is 14.6 Å². The van der Waals surface area contributed by atoms with Gasteiger partial charge >= 0.3 is 0 Å². The number of nitrogens with one attached hydrogen (secondary N) is 1. The second-order valence-corrected chi connectivity index (χ2v) is 8.07. The fraction of sp³-hybridized carbons (Fsp3) is 0.562. The molecule has 122 valence electrons. The third-order valence-electron chi connectivity index (χ3n) is 3.72. The van der Waals surface area contributed by atoms with Crippen molar-refractivity contribution in [1.29, 1.82) is 0 Å². The van der Waals surface area contributed by atoms with Gasteiger partial charge in [0.2, 0.25) is 5.91 Å². The average Bonchev–Trinajstić information content (AvgIpc) is 2.81. The Balaban J connectivity index is 1.58. The minimum Gasteiger partial charge on any atom is -0.494 e. The third kappa shape index (κ3) is 5.67. The van der Waals surface area contributed by atoms with Crippen molar-refractivity contribution in [2.75, 3.05) is 24.7 Å². The van der Waals surface area contributed by atoms with Gasteiger partial charge in [-0.25, -0.2) is 8.42 Å². The number of hydrogen-bond acceptors (Lipinski definition) is 4. The molecule has 1 fully saturated rings. The van der Waals surface area contributed by atoms with Gasteiger partial charge in [-0.3, -0.25) is 4.79 Å². The van der Waals surface area contributed by atoms with Crippen LogP contribution in [0.5, 0.6) is 5.75 Å². The Kier molecular flexibility index (Phi) is 5.83. The maximum Gasteiger partial charge on any atom is 0.220 e. The molecule has 0 aliphatic carbocycles. The molecule has 0 radical (unpaired) electrons. The standard InChI is InChI=1S/C16H23NO4S/c1-13-4-2-5-15(10-13)21-8-3-6-16(18)17-11-14-7-9-22(19,20)12-14/h2,4-5,10,14H,3,6-9,11-12H2,1H3,(H,17,18). The van der Waals surface area contributed by atoms with Crippen LogP contribution in [0.3, 0.4) is 0 Å². The predicted molar refractivity (Wildman–Crippen MR) is 85.7 cm³/mol. The Labute approximate surface area is 132 Å². The second kappa shape index (κ2) is 7.63. The van der Waals surface area contributed by atoms with Gasteiger partial charge in [-0.05, 0) is 43.4 Å². The highest BCUT2D eigenvalue weighted by Gasteiger charge is 2.27. The normalized spacial score (nSPS) is 19.8. The quantitative estimate of drug-likeness (QED) is 0.775. The number of amides is 1. The molecule has 1 atom stereocenters. The van der Waals surface area contributed by atoms with Crippen molar-refractivity contribution in [3.05, 3.63) is 29.8 Å². The van der Waals surface area contributed by atoms with Gasteiger partial charge in [-0.2, -0.15) is 0 Å². The van der Waals surface area contributed by atoms with E-state index in [-0.39, 0.29) is 23.3 Å². The maximum absolute atomic E-state index is 11.7. The van der Waals surface area contributed by atoms with E-state index in [1.165, 1.54) is 0 Å². The number of carbonyl (C=O) groups is 1. The van der Waals surface area contributed by atoms with Crippen molar-refractivity contribution >= 4 is 15.7 Å². The molecule has 1 amide bonds. The second-order valence-electron chi connectivity index (χ2n) is 5.84. The lowest BCUT2D eigenvalue weighted by atomic mass is 10.1. The molecule has 1 aromatic carbocycles. The molecule has 22 heavy (non-hydrogen) atoms. The van der Waals surface area contributed by atoms with Crippen LogP contribution in [0.25, 0.3) is 0 Å². The van der Waals surface area contributed by atoms with E-state index in [0.29, 0.717) is 32.4 Å². The molecule has 2 rings (SSSR count). The van der Waals surface area contributed by atoms with Crippen molar-refractivity contribution in [3.63, 3.8) is 0 Å². The van der Waals surface area contributed by atoms with E-state index in [1.54, 1.807) is 0 Å². The lowest BCUT2D eigenvalue weighted by Gasteiger charge is -2.10. The van der Waals surface area contributed by atoms with Gasteiger partial charge in [0.25, 0.3) is 0 Å². The topological polar surface area (TPSA) is 72.5 Å².